The molecule has 0 N–H and O–H groups in total. The number of hydrogen-bond acceptors (Lipinski definition) is 6. The van der Waals surface area contributed by atoms with E-state index < -0.39 is 5.97 Å². The summed E-state index contributed by atoms with van der Waals surface area (Å²) in [7, 11) is 3.10. The molecule has 0 aliphatic rings. The summed E-state index contributed by atoms with van der Waals surface area (Å²) in [5.41, 5.74) is 1.12. The number of rotatable bonds is 6. The van der Waals surface area contributed by atoms with Crippen LogP contribution < -0.4 is 14.9 Å². The van der Waals surface area contributed by atoms with E-state index in [0.717, 1.165) is 0 Å². The Morgan fingerprint density at radius 1 is 1.00 bits per heavy atom. The van der Waals surface area contributed by atoms with Gasteiger partial charge in [0.15, 0.2) is 0 Å². The Labute approximate surface area is 156 Å². The monoisotopic (exact) mass is 368 g/mol. The highest BCUT2D eigenvalue weighted by molar-refractivity contribution is 5.85. The van der Waals surface area contributed by atoms with E-state index >= 15 is 0 Å². The summed E-state index contributed by atoms with van der Waals surface area (Å²) < 4.78 is 21.3. The first-order valence-electron chi connectivity index (χ1n) is 8.51. The van der Waals surface area contributed by atoms with Crippen LogP contribution in [0.3, 0.4) is 0 Å². The van der Waals surface area contributed by atoms with Gasteiger partial charge in [0, 0.05) is 6.07 Å². The minimum Gasteiger partial charge on any atom is -0.497 e. The maximum absolute atomic E-state index is 13.2. The first kappa shape index (κ1) is 18.5. The van der Waals surface area contributed by atoms with Crippen LogP contribution >= 0.6 is 0 Å². The summed E-state index contributed by atoms with van der Waals surface area (Å²) in [6, 6.07) is 12.0. The van der Waals surface area contributed by atoms with Crippen molar-refractivity contribution in [2.75, 3.05) is 20.8 Å². The third kappa shape index (κ3) is 3.79. The summed E-state index contributed by atoms with van der Waals surface area (Å²) in [6.45, 7) is 1.98. The first-order valence-corrected chi connectivity index (χ1v) is 8.51. The van der Waals surface area contributed by atoms with Crippen molar-refractivity contribution >= 4 is 16.9 Å². The highest BCUT2D eigenvalue weighted by Gasteiger charge is 2.19. The third-order valence-corrected chi connectivity index (χ3v) is 4.16. The molecule has 0 saturated carbocycles. The third-order valence-electron chi connectivity index (χ3n) is 4.16. The lowest BCUT2D eigenvalue weighted by Crippen LogP contribution is -2.14. The molecule has 3 rings (SSSR count). The fourth-order valence-corrected chi connectivity index (χ4v) is 2.86. The van der Waals surface area contributed by atoms with Crippen LogP contribution in [0.25, 0.3) is 22.1 Å². The van der Waals surface area contributed by atoms with E-state index in [2.05, 4.69) is 0 Å². The Balaban J connectivity index is 2.22. The molecule has 0 unspecified atom stereocenters. The summed E-state index contributed by atoms with van der Waals surface area (Å²) in [5, 5.41) is 0.411. The Morgan fingerprint density at radius 2 is 1.67 bits per heavy atom. The highest BCUT2D eigenvalue weighted by Crippen LogP contribution is 2.28. The molecular formula is C21H20O6. The van der Waals surface area contributed by atoms with E-state index in [9.17, 15) is 9.59 Å². The van der Waals surface area contributed by atoms with Crippen molar-refractivity contribution in [1.29, 1.82) is 0 Å². The molecule has 6 heteroatoms. The number of fused-ring (bicyclic) bond motifs is 1. The van der Waals surface area contributed by atoms with Crippen LogP contribution in [0.1, 0.15) is 12.7 Å². The van der Waals surface area contributed by atoms with Crippen molar-refractivity contribution in [2.45, 2.75) is 13.3 Å². The zero-order valence-corrected chi connectivity index (χ0v) is 15.4. The number of hydrogen-bond donors (Lipinski definition) is 0. The van der Waals surface area contributed by atoms with Crippen LogP contribution in [-0.2, 0) is 16.0 Å². The topological polar surface area (TPSA) is 75.0 Å². The molecule has 0 aliphatic carbocycles. The largest absolute Gasteiger partial charge is 0.497 e. The van der Waals surface area contributed by atoms with E-state index in [1.54, 1.807) is 56.5 Å². The van der Waals surface area contributed by atoms with Crippen LogP contribution in [0.5, 0.6) is 11.5 Å². The summed E-state index contributed by atoms with van der Waals surface area (Å²) in [5.74, 6) is 1.02. The quantitative estimate of drug-likeness (QED) is 0.619. The first-order chi connectivity index (χ1) is 13.1. The van der Waals surface area contributed by atoms with Crippen LogP contribution in [-0.4, -0.2) is 26.8 Å². The number of benzene rings is 2. The minimum absolute atomic E-state index is 0.141. The fourth-order valence-electron chi connectivity index (χ4n) is 2.86. The molecule has 1 aromatic heterocycles. The van der Waals surface area contributed by atoms with E-state index in [1.807, 2.05) is 0 Å². The highest BCUT2D eigenvalue weighted by atomic mass is 16.5. The van der Waals surface area contributed by atoms with Crippen molar-refractivity contribution in [2.24, 2.45) is 0 Å². The Morgan fingerprint density at radius 3 is 2.30 bits per heavy atom. The van der Waals surface area contributed by atoms with Crippen LogP contribution in [0.2, 0.25) is 0 Å². The molecule has 1 heterocycles. The van der Waals surface area contributed by atoms with Gasteiger partial charge in [0.25, 0.3) is 0 Å². The molecule has 0 amide bonds. The summed E-state index contributed by atoms with van der Waals surface area (Å²) in [6.07, 6.45) is -0.141. The van der Waals surface area contributed by atoms with E-state index in [1.165, 1.54) is 7.11 Å². The molecular weight excluding hydrogens is 348 g/mol. The SMILES string of the molecule is CCOC(=O)Cc1oc2cc(OC)ccc2c(=O)c1-c1ccc(OC)cc1. The molecule has 0 saturated heterocycles. The Bertz CT molecular complexity index is 1020. The van der Waals surface area contributed by atoms with Crippen LogP contribution in [0.4, 0.5) is 0 Å². The van der Waals surface area contributed by atoms with Crippen LogP contribution in [0, 0.1) is 0 Å². The molecule has 0 atom stereocenters. The van der Waals surface area contributed by atoms with Gasteiger partial charge in [-0.3, -0.25) is 9.59 Å². The molecule has 6 nitrogen and oxygen atoms in total. The van der Waals surface area contributed by atoms with E-state index in [4.69, 9.17) is 18.6 Å². The second-order valence-corrected chi connectivity index (χ2v) is 5.80. The average molecular weight is 368 g/mol. The van der Waals surface area contributed by atoms with Gasteiger partial charge in [0.1, 0.15) is 29.3 Å². The van der Waals surface area contributed by atoms with Gasteiger partial charge in [-0.15, -0.1) is 0 Å². The lowest BCUT2D eigenvalue weighted by Gasteiger charge is -2.11. The average Bonchev–Trinajstić information content (AvgIpc) is 2.68. The number of carbonyl (C=O) groups excluding carboxylic acids is 1. The zero-order valence-electron chi connectivity index (χ0n) is 15.4. The van der Waals surface area contributed by atoms with Crippen molar-refractivity contribution in [3.05, 3.63) is 58.4 Å². The van der Waals surface area contributed by atoms with Gasteiger partial charge in [0.05, 0.1) is 31.8 Å². The summed E-state index contributed by atoms with van der Waals surface area (Å²) >= 11 is 0. The van der Waals surface area contributed by atoms with Gasteiger partial charge >= 0.3 is 5.97 Å². The van der Waals surface area contributed by atoms with Crippen molar-refractivity contribution < 1.29 is 23.4 Å². The second-order valence-electron chi connectivity index (χ2n) is 5.80. The smallest absolute Gasteiger partial charge is 0.313 e. The number of ether oxygens (including phenoxy) is 3. The lowest BCUT2D eigenvalue weighted by molar-refractivity contribution is -0.142. The molecule has 140 valence electrons. The lowest BCUT2D eigenvalue weighted by atomic mass is 10.0. The predicted octanol–water partition coefficient (Wildman–Crippen LogP) is 3.58. The maximum atomic E-state index is 13.2. The number of methoxy groups -OCH3 is 2. The predicted molar refractivity (Wildman–Crippen MR) is 101 cm³/mol. The van der Waals surface area contributed by atoms with Crippen molar-refractivity contribution in [3.8, 4) is 22.6 Å². The van der Waals surface area contributed by atoms with Gasteiger partial charge in [-0.2, -0.15) is 0 Å². The Hall–Kier alpha value is -3.28. The normalized spacial score (nSPS) is 10.6. The Kier molecular flexibility index (Phi) is 5.45. The zero-order chi connectivity index (χ0) is 19.4. The van der Waals surface area contributed by atoms with Gasteiger partial charge in [-0.25, -0.2) is 0 Å². The van der Waals surface area contributed by atoms with Crippen molar-refractivity contribution in [1.82, 2.24) is 0 Å². The van der Waals surface area contributed by atoms with E-state index in [0.29, 0.717) is 33.6 Å². The fraction of sp³-hybridized carbons (Fsp3) is 0.238. The molecule has 27 heavy (non-hydrogen) atoms. The molecule has 0 fully saturated rings. The molecule has 0 radical (unpaired) electrons. The molecule has 0 spiro atoms. The summed E-state index contributed by atoms with van der Waals surface area (Å²) in [4.78, 5) is 25.2. The standard InChI is InChI=1S/C21H20O6/c1-4-26-19(22)12-18-20(13-5-7-14(24-2)8-6-13)21(23)16-10-9-15(25-3)11-17(16)27-18/h5-11H,4,12H2,1-3H3. The molecule has 3 aromatic rings. The van der Waals surface area contributed by atoms with Gasteiger partial charge in [-0.05, 0) is 36.8 Å². The molecule has 0 aliphatic heterocycles. The second kappa shape index (κ2) is 7.95. The van der Waals surface area contributed by atoms with Crippen molar-refractivity contribution in [3.63, 3.8) is 0 Å². The molecule has 2 aromatic carbocycles. The number of carbonyl (C=O) groups is 1. The maximum Gasteiger partial charge on any atom is 0.313 e. The molecule has 0 bridgehead atoms. The minimum atomic E-state index is -0.461. The van der Waals surface area contributed by atoms with Gasteiger partial charge in [-0.1, -0.05) is 12.1 Å². The van der Waals surface area contributed by atoms with Gasteiger partial charge < -0.3 is 18.6 Å². The van der Waals surface area contributed by atoms with E-state index in [-0.39, 0.29) is 24.2 Å². The number of esters is 1. The van der Waals surface area contributed by atoms with Gasteiger partial charge in [0.2, 0.25) is 5.43 Å². The van der Waals surface area contributed by atoms with Crippen LogP contribution in [0.15, 0.2) is 51.7 Å².